The van der Waals surface area contributed by atoms with Crippen molar-refractivity contribution in [3.8, 4) is 0 Å². The molecule has 0 spiro atoms. The molecule has 4 nitrogen and oxygen atoms in total. The molecule has 0 amide bonds. The largest absolute Gasteiger partial charge is 0.396 e. The van der Waals surface area contributed by atoms with E-state index in [4.69, 9.17) is 4.52 Å². The van der Waals surface area contributed by atoms with E-state index in [0.717, 1.165) is 50.2 Å². The number of fused-ring (bicyclic) bond motifs is 3. The number of rotatable bonds is 2. The molecule has 3 aliphatic rings. The van der Waals surface area contributed by atoms with Gasteiger partial charge in [0.1, 0.15) is 0 Å². The molecule has 1 heterocycles. The molecule has 0 aromatic carbocycles. The molecule has 3 aliphatic carbocycles. The molecule has 4 rings (SSSR count). The van der Waals surface area contributed by atoms with Crippen LogP contribution in [0.4, 0.5) is 0 Å². The van der Waals surface area contributed by atoms with Crippen molar-refractivity contribution in [2.24, 2.45) is 5.41 Å². The van der Waals surface area contributed by atoms with Crippen LogP contribution < -0.4 is 0 Å². The van der Waals surface area contributed by atoms with E-state index in [1.54, 1.807) is 0 Å². The third kappa shape index (κ3) is 2.00. The van der Waals surface area contributed by atoms with Crippen LogP contribution in [0.2, 0.25) is 0 Å². The van der Waals surface area contributed by atoms with E-state index in [1.807, 2.05) is 0 Å². The molecule has 0 aliphatic heterocycles. The highest BCUT2D eigenvalue weighted by Crippen LogP contribution is 2.57. The maximum Gasteiger partial charge on any atom is 0.232 e. The molecule has 3 saturated carbocycles. The number of aliphatic hydroxyl groups is 1. The molecule has 106 valence electrons. The molecule has 0 saturated heterocycles. The van der Waals surface area contributed by atoms with Crippen molar-refractivity contribution in [2.75, 3.05) is 6.61 Å². The second kappa shape index (κ2) is 4.05. The van der Waals surface area contributed by atoms with Gasteiger partial charge in [0.15, 0.2) is 5.82 Å². The van der Waals surface area contributed by atoms with Gasteiger partial charge in [0, 0.05) is 17.4 Å². The predicted molar refractivity (Wildman–Crippen MR) is 71.9 cm³/mol. The average Bonchev–Trinajstić information content (AvgIpc) is 2.91. The van der Waals surface area contributed by atoms with Crippen LogP contribution in [-0.2, 0) is 10.8 Å². The number of hydrogen-bond acceptors (Lipinski definition) is 4. The van der Waals surface area contributed by atoms with Crippen LogP contribution in [-0.4, -0.2) is 21.9 Å². The molecule has 1 aromatic heterocycles. The Kier molecular flexibility index (Phi) is 2.79. The third-order valence-electron chi connectivity index (χ3n) is 5.29. The summed E-state index contributed by atoms with van der Waals surface area (Å²) in [7, 11) is 0. The fraction of sp³-hybridized carbons (Fsp3) is 0.867. The van der Waals surface area contributed by atoms with Gasteiger partial charge in [0.25, 0.3) is 0 Å². The second-order valence-corrected chi connectivity index (χ2v) is 7.61. The first kappa shape index (κ1) is 13.1. The zero-order chi connectivity index (χ0) is 13.7. The first-order valence-corrected chi connectivity index (χ1v) is 7.35. The van der Waals surface area contributed by atoms with Crippen molar-refractivity contribution in [3.05, 3.63) is 11.7 Å². The van der Waals surface area contributed by atoms with Gasteiger partial charge in [-0.05, 0) is 43.9 Å². The van der Waals surface area contributed by atoms with Gasteiger partial charge < -0.3 is 9.63 Å². The lowest BCUT2D eigenvalue weighted by Gasteiger charge is -2.51. The Morgan fingerprint density at radius 1 is 1.11 bits per heavy atom. The quantitative estimate of drug-likeness (QED) is 0.892. The highest BCUT2D eigenvalue weighted by molar-refractivity contribution is 5.15. The highest BCUT2D eigenvalue weighted by Gasteiger charge is 2.52. The van der Waals surface area contributed by atoms with Gasteiger partial charge in [-0.2, -0.15) is 4.98 Å². The van der Waals surface area contributed by atoms with E-state index in [0.29, 0.717) is 6.61 Å². The third-order valence-corrected chi connectivity index (χ3v) is 5.29. The summed E-state index contributed by atoms with van der Waals surface area (Å²) >= 11 is 0. The van der Waals surface area contributed by atoms with Crippen molar-refractivity contribution in [3.63, 3.8) is 0 Å². The van der Waals surface area contributed by atoms with Crippen molar-refractivity contribution in [2.45, 2.75) is 70.1 Å². The highest BCUT2D eigenvalue weighted by atomic mass is 16.5. The summed E-state index contributed by atoms with van der Waals surface area (Å²) in [6, 6.07) is 0. The van der Waals surface area contributed by atoms with Crippen LogP contribution in [0.15, 0.2) is 4.52 Å². The molecular formula is C15H24N2O2. The molecule has 4 heteroatoms. The normalized spacial score (nSPS) is 34.7. The van der Waals surface area contributed by atoms with E-state index in [9.17, 15) is 5.11 Å². The summed E-state index contributed by atoms with van der Waals surface area (Å²) in [5.41, 5.74) is 0.221. The maximum atomic E-state index is 9.58. The number of aromatic nitrogens is 2. The monoisotopic (exact) mass is 264 g/mol. The van der Waals surface area contributed by atoms with E-state index in [2.05, 4.69) is 30.9 Å². The smallest absolute Gasteiger partial charge is 0.232 e. The van der Waals surface area contributed by atoms with E-state index < -0.39 is 0 Å². The summed E-state index contributed by atoms with van der Waals surface area (Å²) in [6.45, 7) is 6.66. The topological polar surface area (TPSA) is 59.2 Å². The first-order valence-electron chi connectivity index (χ1n) is 7.35. The standard InChI is InChI=1S/C15H24N2O2/c1-13(2,3)11-16-12(19-17-11)15-7-4-14(10-18,5-8-15)6-9-15/h18H,4-10H2,1-3H3. The molecule has 3 fully saturated rings. The molecule has 0 atom stereocenters. The maximum absolute atomic E-state index is 9.58. The van der Waals surface area contributed by atoms with Gasteiger partial charge in [0.2, 0.25) is 5.89 Å². The minimum atomic E-state index is -0.0589. The number of hydrogen-bond donors (Lipinski definition) is 1. The summed E-state index contributed by atoms with van der Waals surface area (Å²) in [4.78, 5) is 4.68. The van der Waals surface area contributed by atoms with Gasteiger partial charge in [0.05, 0.1) is 0 Å². The number of aliphatic hydroxyl groups excluding tert-OH is 1. The lowest BCUT2D eigenvalue weighted by atomic mass is 9.54. The van der Waals surface area contributed by atoms with Crippen LogP contribution in [0.3, 0.4) is 0 Å². The van der Waals surface area contributed by atoms with Crippen LogP contribution >= 0.6 is 0 Å². The Balaban J connectivity index is 1.86. The first-order chi connectivity index (χ1) is 8.89. The van der Waals surface area contributed by atoms with Crippen LogP contribution in [0.5, 0.6) is 0 Å². The van der Waals surface area contributed by atoms with Crippen molar-refractivity contribution >= 4 is 0 Å². The minimum absolute atomic E-state index is 0.0589. The van der Waals surface area contributed by atoms with Gasteiger partial charge in [-0.25, -0.2) is 0 Å². The van der Waals surface area contributed by atoms with Crippen LogP contribution in [0.25, 0.3) is 0 Å². The SMILES string of the molecule is CC(C)(C)c1noc(C23CCC(CO)(CC2)CC3)n1. The average molecular weight is 264 g/mol. The van der Waals surface area contributed by atoms with Gasteiger partial charge in [-0.1, -0.05) is 25.9 Å². The molecule has 19 heavy (non-hydrogen) atoms. The van der Waals surface area contributed by atoms with E-state index >= 15 is 0 Å². The number of nitrogens with zero attached hydrogens (tertiary/aromatic N) is 2. The fourth-order valence-corrected chi connectivity index (χ4v) is 3.56. The van der Waals surface area contributed by atoms with E-state index in [-0.39, 0.29) is 16.2 Å². The lowest BCUT2D eigenvalue weighted by molar-refractivity contribution is -0.0175. The molecule has 1 aromatic rings. The Morgan fingerprint density at radius 2 is 1.68 bits per heavy atom. The Hall–Kier alpha value is -0.900. The fourth-order valence-electron chi connectivity index (χ4n) is 3.56. The van der Waals surface area contributed by atoms with Crippen molar-refractivity contribution < 1.29 is 9.63 Å². The molecule has 1 N–H and O–H groups in total. The van der Waals surface area contributed by atoms with Gasteiger partial charge >= 0.3 is 0 Å². The van der Waals surface area contributed by atoms with Gasteiger partial charge in [-0.3, -0.25) is 0 Å². The summed E-state index contributed by atoms with van der Waals surface area (Å²) in [5.74, 6) is 1.64. The predicted octanol–water partition coefficient (Wildman–Crippen LogP) is 2.95. The van der Waals surface area contributed by atoms with Crippen molar-refractivity contribution in [1.29, 1.82) is 0 Å². The molecule has 0 radical (unpaired) electrons. The molecule has 0 unspecified atom stereocenters. The second-order valence-electron chi connectivity index (χ2n) is 7.61. The summed E-state index contributed by atoms with van der Waals surface area (Å²) < 4.78 is 5.59. The van der Waals surface area contributed by atoms with Crippen LogP contribution in [0.1, 0.15) is 71.0 Å². The molecular weight excluding hydrogens is 240 g/mol. The zero-order valence-electron chi connectivity index (χ0n) is 12.2. The van der Waals surface area contributed by atoms with Gasteiger partial charge in [-0.15, -0.1) is 0 Å². The Morgan fingerprint density at radius 3 is 2.11 bits per heavy atom. The minimum Gasteiger partial charge on any atom is -0.396 e. The molecule has 2 bridgehead atoms. The zero-order valence-corrected chi connectivity index (χ0v) is 12.2. The van der Waals surface area contributed by atoms with Crippen molar-refractivity contribution in [1.82, 2.24) is 10.1 Å². The van der Waals surface area contributed by atoms with E-state index in [1.165, 1.54) is 0 Å². The Bertz CT molecular complexity index is 448. The Labute approximate surface area is 114 Å². The summed E-state index contributed by atoms with van der Waals surface area (Å²) in [6.07, 6.45) is 6.53. The van der Waals surface area contributed by atoms with Crippen LogP contribution in [0, 0.1) is 5.41 Å². The summed E-state index contributed by atoms with van der Waals surface area (Å²) in [5, 5.41) is 13.8. The lowest BCUT2D eigenvalue weighted by Crippen LogP contribution is -2.46.